The highest BCUT2D eigenvalue weighted by Crippen LogP contribution is 2.47. The summed E-state index contributed by atoms with van der Waals surface area (Å²) in [6.07, 6.45) is 0.809. The Morgan fingerprint density at radius 2 is 1.70 bits per heavy atom. The van der Waals surface area contributed by atoms with E-state index in [-0.39, 0.29) is 11.2 Å². The van der Waals surface area contributed by atoms with Gasteiger partial charge in [-0.1, -0.05) is 61.8 Å². The fourth-order valence-electron chi connectivity index (χ4n) is 4.22. The lowest BCUT2D eigenvalue weighted by atomic mass is 9.70. The van der Waals surface area contributed by atoms with Crippen LogP contribution in [0.15, 0.2) is 65.9 Å². The summed E-state index contributed by atoms with van der Waals surface area (Å²) in [6.45, 7) is 3.94. The summed E-state index contributed by atoms with van der Waals surface area (Å²) in [5, 5.41) is 3.21. The first-order valence-electron chi connectivity index (χ1n) is 9.85. The average Bonchev–Trinajstić information content (AvgIpc) is 2.69. The van der Waals surface area contributed by atoms with Gasteiger partial charge in [0.25, 0.3) is 5.91 Å². The smallest absolute Gasteiger partial charge is 0.334 e. The molecule has 1 aliphatic carbocycles. The average molecular weight is 424 g/mol. The Kier molecular flexibility index (Phi) is 5.24. The lowest BCUT2D eigenvalue weighted by Crippen LogP contribution is -2.51. The minimum Gasteiger partial charge on any atom is -0.429 e. The zero-order valence-electron chi connectivity index (χ0n) is 16.8. The van der Waals surface area contributed by atoms with Gasteiger partial charge in [-0.25, -0.2) is 4.79 Å². The van der Waals surface area contributed by atoms with Crippen LogP contribution in [0.5, 0.6) is 0 Å². The van der Waals surface area contributed by atoms with Gasteiger partial charge in [-0.05, 0) is 29.2 Å². The molecule has 30 heavy (non-hydrogen) atoms. The number of amides is 1. The van der Waals surface area contributed by atoms with Crippen LogP contribution in [0.1, 0.15) is 48.5 Å². The molecule has 154 valence electrons. The molecule has 2 aliphatic rings. The van der Waals surface area contributed by atoms with Crippen molar-refractivity contribution in [2.24, 2.45) is 5.41 Å². The van der Waals surface area contributed by atoms with Crippen molar-refractivity contribution < 1.29 is 19.1 Å². The molecule has 1 N–H and O–H groups in total. The lowest BCUT2D eigenvalue weighted by Gasteiger charge is -2.40. The fraction of sp³-hybridized carbons (Fsp3) is 0.292. The molecule has 0 spiro atoms. The molecule has 0 unspecified atom stereocenters. The van der Waals surface area contributed by atoms with Gasteiger partial charge in [-0.15, -0.1) is 0 Å². The molecule has 0 saturated carbocycles. The van der Waals surface area contributed by atoms with Crippen molar-refractivity contribution in [3.8, 4) is 0 Å². The topological polar surface area (TPSA) is 72.5 Å². The summed E-state index contributed by atoms with van der Waals surface area (Å²) in [5.74, 6) is -1.41. The molecule has 0 radical (unpaired) electrons. The van der Waals surface area contributed by atoms with Crippen LogP contribution < -0.4 is 5.32 Å². The maximum atomic E-state index is 13.1. The van der Waals surface area contributed by atoms with Crippen LogP contribution in [0.4, 0.5) is 0 Å². The van der Waals surface area contributed by atoms with Crippen LogP contribution in [-0.4, -0.2) is 23.7 Å². The molecule has 1 aliphatic heterocycles. The zero-order valence-corrected chi connectivity index (χ0v) is 17.5. The number of Topliss-reactive ketones (excluding diaryl/α,β-unsaturated/α-hetero) is 1. The van der Waals surface area contributed by atoms with Gasteiger partial charge in [-0.2, -0.15) is 0 Å². The fourth-order valence-corrected chi connectivity index (χ4v) is 4.48. The van der Waals surface area contributed by atoms with Crippen molar-refractivity contribution in [1.82, 2.24) is 5.32 Å². The quantitative estimate of drug-likeness (QED) is 0.741. The summed E-state index contributed by atoms with van der Waals surface area (Å²) >= 11 is 6.46. The molecule has 1 amide bonds. The van der Waals surface area contributed by atoms with E-state index in [4.69, 9.17) is 16.3 Å². The Hall–Kier alpha value is -2.92. The third kappa shape index (κ3) is 3.77. The summed E-state index contributed by atoms with van der Waals surface area (Å²) < 4.78 is 5.60. The Bertz CT molecular complexity index is 1060. The summed E-state index contributed by atoms with van der Waals surface area (Å²) in [6, 6.07) is 14.6. The first kappa shape index (κ1) is 20.4. The van der Waals surface area contributed by atoms with Gasteiger partial charge in [0.2, 0.25) is 0 Å². The van der Waals surface area contributed by atoms with Crippen molar-refractivity contribution in [3.63, 3.8) is 0 Å². The molecule has 6 heteroatoms. The number of carbonyl (C=O) groups is 3. The summed E-state index contributed by atoms with van der Waals surface area (Å²) in [7, 11) is 0. The summed E-state index contributed by atoms with van der Waals surface area (Å²) in [5.41, 5.74) is 1.16. The highest BCUT2D eigenvalue weighted by Gasteiger charge is 2.48. The van der Waals surface area contributed by atoms with Crippen molar-refractivity contribution in [3.05, 3.63) is 82.1 Å². The number of ether oxygens (including phenoxy) is 1. The maximum Gasteiger partial charge on any atom is 0.334 e. The third-order valence-electron chi connectivity index (χ3n) is 5.56. The number of esters is 1. The first-order chi connectivity index (χ1) is 14.3. The highest BCUT2D eigenvalue weighted by molar-refractivity contribution is 6.31. The van der Waals surface area contributed by atoms with Crippen LogP contribution in [0.25, 0.3) is 0 Å². The number of allylic oxidation sites excluding steroid dienone is 1. The Balaban J connectivity index is 1.80. The van der Waals surface area contributed by atoms with Gasteiger partial charge in [-0.3, -0.25) is 9.59 Å². The Morgan fingerprint density at radius 3 is 2.40 bits per heavy atom. The standard InChI is InChI=1S/C24H22ClNO4/c1-24(2)12-17(27)20-18(13-24)30-23(29)21(19(20)15-10-6-7-11-16(15)25)26-22(28)14-8-4-3-5-9-14/h3-11,19,21H,12-13H2,1-2H3,(H,26,28)/t19-,21-/m1/s1. The number of rotatable bonds is 3. The molecule has 2 aromatic carbocycles. The van der Waals surface area contributed by atoms with Crippen LogP contribution in [0, 0.1) is 5.41 Å². The monoisotopic (exact) mass is 423 g/mol. The van der Waals surface area contributed by atoms with E-state index in [1.165, 1.54) is 0 Å². The van der Waals surface area contributed by atoms with Gasteiger partial charge in [0.05, 0.1) is 0 Å². The second-order valence-corrected chi connectivity index (χ2v) is 8.92. The van der Waals surface area contributed by atoms with Crippen LogP contribution in [-0.2, 0) is 14.3 Å². The molecule has 0 aromatic heterocycles. The number of halogens is 1. The summed E-state index contributed by atoms with van der Waals surface area (Å²) in [4.78, 5) is 39.0. The number of hydrogen-bond acceptors (Lipinski definition) is 4. The SMILES string of the molecule is CC1(C)CC(=O)C2=C(C1)OC(=O)[C@H](NC(=O)c1ccccc1)[C@@H]2c1ccccc1Cl. The molecular formula is C24H22ClNO4. The molecular weight excluding hydrogens is 402 g/mol. The molecule has 0 fully saturated rings. The molecule has 5 nitrogen and oxygen atoms in total. The van der Waals surface area contributed by atoms with Crippen molar-refractivity contribution >= 4 is 29.3 Å². The van der Waals surface area contributed by atoms with Crippen molar-refractivity contribution in [1.29, 1.82) is 0 Å². The maximum absolute atomic E-state index is 13.1. The minimum absolute atomic E-state index is 0.0855. The van der Waals surface area contributed by atoms with E-state index in [0.717, 1.165) is 0 Å². The lowest BCUT2D eigenvalue weighted by molar-refractivity contribution is -0.145. The predicted molar refractivity (Wildman–Crippen MR) is 113 cm³/mol. The molecule has 2 aromatic rings. The van der Waals surface area contributed by atoms with E-state index in [1.807, 2.05) is 13.8 Å². The third-order valence-corrected chi connectivity index (χ3v) is 5.91. The van der Waals surface area contributed by atoms with Crippen LogP contribution >= 0.6 is 11.6 Å². The van der Waals surface area contributed by atoms with E-state index in [0.29, 0.717) is 40.3 Å². The van der Waals surface area contributed by atoms with E-state index < -0.39 is 23.8 Å². The van der Waals surface area contributed by atoms with E-state index in [1.54, 1.807) is 54.6 Å². The van der Waals surface area contributed by atoms with E-state index in [2.05, 4.69) is 5.32 Å². The van der Waals surface area contributed by atoms with Gasteiger partial charge < -0.3 is 10.1 Å². The molecule has 4 rings (SSSR count). The number of carbonyl (C=O) groups excluding carboxylic acids is 3. The van der Waals surface area contributed by atoms with Crippen LogP contribution in [0.3, 0.4) is 0 Å². The van der Waals surface area contributed by atoms with Gasteiger partial charge in [0, 0.05) is 34.9 Å². The molecule has 0 saturated heterocycles. The van der Waals surface area contributed by atoms with Gasteiger partial charge in [0.1, 0.15) is 11.8 Å². The van der Waals surface area contributed by atoms with E-state index >= 15 is 0 Å². The minimum atomic E-state index is -1.05. The van der Waals surface area contributed by atoms with Crippen molar-refractivity contribution in [2.45, 2.75) is 38.6 Å². The molecule has 2 atom stereocenters. The first-order valence-corrected chi connectivity index (χ1v) is 10.2. The number of ketones is 1. The van der Waals surface area contributed by atoms with Crippen LogP contribution in [0.2, 0.25) is 5.02 Å². The highest BCUT2D eigenvalue weighted by atomic mass is 35.5. The molecule has 1 heterocycles. The van der Waals surface area contributed by atoms with Gasteiger partial charge in [0.15, 0.2) is 5.78 Å². The Labute approximate surface area is 180 Å². The second kappa shape index (κ2) is 7.73. The predicted octanol–water partition coefficient (Wildman–Crippen LogP) is 4.42. The molecule has 0 bridgehead atoms. The van der Waals surface area contributed by atoms with E-state index in [9.17, 15) is 14.4 Å². The Morgan fingerprint density at radius 1 is 1.03 bits per heavy atom. The number of nitrogens with one attached hydrogen (secondary N) is 1. The largest absolute Gasteiger partial charge is 0.429 e. The number of hydrogen-bond donors (Lipinski definition) is 1. The second-order valence-electron chi connectivity index (χ2n) is 8.52. The number of benzene rings is 2. The van der Waals surface area contributed by atoms with Gasteiger partial charge >= 0.3 is 5.97 Å². The van der Waals surface area contributed by atoms with Crippen molar-refractivity contribution in [2.75, 3.05) is 0 Å². The zero-order chi connectivity index (χ0) is 21.5. The normalized spacial score (nSPS) is 22.9.